The van der Waals surface area contributed by atoms with Crippen molar-refractivity contribution in [2.45, 2.75) is 24.9 Å². The number of rotatable bonds is 2. The van der Waals surface area contributed by atoms with Gasteiger partial charge in [0.05, 0.1) is 11.8 Å². The normalized spacial score (nSPS) is 18.1. The van der Waals surface area contributed by atoms with Crippen LogP contribution >= 0.6 is 11.6 Å². The second-order valence-electron chi connectivity index (χ2n) is 4.33. The number of hydrogen-bond donors (Lipinski definition) is 0. The van der Waals surface area contributed by atoms with Crippen molar-refractivity contribution in [1.82, 2.24) is 9.97 Å². The molecule has 18 heavy (non-hydrogen) atoms. The fourth-order valence-corrected chi connectivity index (χ4v) is 2.13. The van der Waals surface area contributed by atoms with E-state index in [-0.39, 0.29) is 12.8 Å². The topological polar surface area (TPSA) is 29.0 Å². The fourth-order valence-electron chi connectivity index (χ4n) is 1.99. The van der Waals surface area contributed by atoms with Crippen LogP contribution in [0.2, 0.25) is 0 Å². The summed E-state index contributed by atoms with van der Waals surface area (Å²) in [7, 11) is 0. The molecule has 0 spiro atoms. The first kappa shape index (κ1) is 13.4. The molecule has 0 atom stereocenters. The first-order chi connectivity index (χ1) is 8.50. The maximum absolute atomic E-state index is 12.5. The number of anilines is 1. The molecular formula is C11H13ClF3N3. The number of hydrogen-bond acceptors (Lipinski definition) is 3. The molecule has 3 nitrogen and oxygen atoms in total. The lowest BCUT2D eigenvalue weighted by molar-refractivity contribution is -0.179. The van der Waals surface area contributed by atoms with Crippen molar-refractivity contribution >= 4 is 17.5 Å². The second kappa shape index (κ2) is 5.30. The van der Waals surface area contributed by atoms with Crippen LogP contribution in [0.5, 0.6) is 0 Å². The molecule has 1 saturated heterocycles. The Bertz CT molecular complexity index is 386. The number of piperidine rings is 1. The van der Waals surface area contributed by atoms with Crippen LogP contribution < -0.4 is 4.90 Å². The van der Waals surface area contributed by atoms with Crippen molar-refractivity contribution < 1.29 is 13.2 Å². The van der Waals surface area contributed by atoms with Crippen LogP contribution in [-0.2, 0) is 5.88 Å². The van der Waals surface area contributed by atoms with Gasteiger partial charge in [-0.15, -0.1) is 11.6 Å². The van der Waals surface area contributed by atoms with E-state index in [1.807, 2.05) is 0 Å². The van der Waals surface area contributed by atoms with E-state index in [4.69, 9.17) is 11.6 Å². The van der Waals surface area contributed by atoms with Crippen LogP contribution in [0.15, 0.2) is 12.4 Å². The van der Waals surface area contributed by atoms with E-state index < -0.39 is 12.1 Å². The molecule has 2 rings (SSSR count). The maximum atomic E-state index is 12.5. The molecule has 0 unspecified atom stereocenters. The van der Waals surface area contributed by atoms with Crippen LogP contribution in [-0.4, -0.2) is 29.2 Å². The summed E-state index contributed by atoms with van der Waals surface area (Å²) in [5, 5.41) is 0. The molecule has 0 radical (unpaired) electrons. The number of aromatic nitrogens is 2. The van der Waals surface area contributed by atoms with Gasteiger partial charge in [0, 0.05) is 31.0 Å². The van der Waals surface area contributed by atoms with Gasteiger partial charge < -0.3 is 4.90 Å². The van der Waals surface area contributed by atoms with Crippen molar-refractivity contribution in [2.75, 3.05) is 18.0 Å². The predicted molar refractivity (Wildman–Crippen MR) is 62.6 cm³/mol. The highest BCUT2D eigenvalue weighted by Crippen LogP contribution is 2.34. The maximum Gasteiger partial charge on any atom is 0.391 e. The van der Waals surface area contributed by atoms with E-state index in [2.05, 4.69) is 9.97 Å². The van der Waals surface area contributed by atoms with Crippen LogP contribution in [0, 0.1) is 5.92 Å². The van der Waals surface area contributed by atoms with E-state index >= 15 is 0 Å². The predicted octanol–water partition coefficient (Wildman–Crippen LogP) is 2.99. The monoisotopic (exact) mass is 279 g/mol. The Morgan fingerprint density at radius 1 is 1.22 bits per heavy atom. The molecule has 1 aliphatic rings. The standard InChI is InChI=1S/C11H13ClF3N3/c12-5-8-6-16-10(17-7-8)18-3-1-9(2-4-18)11(13,14)15/h6-7,9H,1-5H2. The Morgan fingerprint density at radius 3 is 2.22 bits per heavy atom. The lowest BCUT2D eigenvalue weighted by Crippen LogP contribution is -2.39. The Hall–Kier alpha value is -1.04. The zero-order valence-electron chi connectivity index (χ0n) is 9.62. The number of halogens is 4. The Labute approximate surface area is 108 Å². The van der Waals surface area contributed by atoms with Gasteiger partial charge in [0.1, 0.15) is 0 Å². The first-order valence-corrected chi connectivity index (χ1v) is 6.22. The first-order valence-electron chi connectivity index (χ1n) is 5.69. The van der Waals surface area contributed by atoms with Crippen molar-refractivity contribution in [1.29, 1.82) is 0 Å². The van der Waals surface area contributed by atoms with Crippen LogP contribution in [0.1, 0.15) is 18.4 Å². The zero-order chi connectivity index (χ0) is 13.2. The summed E-state index contributed by atoms with van der Waals surface area (Å²) < 4.78 is 37.5. The molecular weight excluding hydrogens is 267 g/mol. The minimum absolute atomic E-state index is 0.101. The Morgan fingerprint density at radius 2 is 1.78 bits per heavy atom. The highest BCUT2D eigenvalue weighted by molar-refractivity contribution is 6.17. The van der Waals surface area contributed by atoms with Gasteiger partial charge >= 0.3 is 6.18 Å². The highest BCUT2D eigenvalue weighted by atomic mass is 35.5. The van der Waals surface area contributed by atoms with E-state index in [0.717, 1.165) is 5.56 Å². The van der Waals surface area contributed by atoms with E-state index in [1.54, 1.807) is 17.3 Å². The SMILES string of the molecule is FC(F)(F)C1CCN(c2ncc(CCl)cn2)CC1. The van der Waals surface area contributed by atoms with Crippen molar-refractivity contribution in [2.24, 2.45) is 5.92 Å². The summed E-state index contributed by atoms with van der Waals surface area (Å²) in [6.45, 7) is 0.675. The third-order valence-corrected chi connectivity index (χ3v) is 3.40. The molecule has 0 saturated carbocycles. The van der Waals surface area contributed by atoms with Crippen LogP contribution in [0.3, 0.4) is 0 Å². The Kier molecular flexibility index (Phi) is 3.94. The molecule has 0 N–H and O–H groups in total. The van der Waals surface area contributed by atoms with Crippen molar-refractivity contribution in [3.63, 3.8) is 0 Å². The van der Waals surface area contributed by atoms with Gasteiger partial charge in [-0.25, -0.2) is 9.97 Å². The molecule has 2 heterocycles. The molecule has 1 aromatic rings. The minimum atomic E-state index is -4.09. The molecule has 0 aromatic carbocycles. The van der Waals surface area contributed by atoms with Gasteiger partial charge in [-0.3, -0.25) is 0 Å². The average Bonchev–Trinajstić information content (AvgIpc) is 2.38. The van der Waals surface area contributed by atoms with Gasteiger partial charge in [-0.05, 0) is 12.8 Å². The quantitative estimate of drug-likeness (QED) is 0.779. The second-order valence-corrected chi connectivity index (χ2v) is 4.60. The van der Waals surface area contributed by atoms with Crippen molar-refractivity contribution in [3.05, 3.63) is 18.0 Å². The summed E-state index contributed by atoms with van der Waals surface area (Å²) in [6.07, 6.45) is -0.681. The van der Waals surface area contributed by atoms with Gasteiger partial charge in [0.25, 0.3) is 0 Å². The molecule has 1 aromatic heterocycles. The lowest BCUT2D eigenvalue weighted by atomic mass is 9.96. The molecule has 0 bridgehead atoms. The van der Waals surface area contributed by atoms with Crippen LogP contribution in [0.4, 0.5) is 19.1 Å². The number of nitrogens with zero attached hydrogens (tertiary/aromatic N) is 3. The van der Waals surface area contributed by atoms with Gasteiger partial charge in [0.2, 0.25) is 5.95 Å². The molecule has 100 valence electrons. The zero-order valence-corrected chi connectivity index (χ0v) is 10.4. The smallest absolute Gasteiger partial charge is 0.341 e. The molecule has 7 heteroatoms. The summed E-state index contributed by atoms with van der Waals surface area (Å²) in [5.74, 6) is -0.392. The summed E-state index contributed by atoms with van der Waals surface area (Å²) in [4.78, 5) is 10.00. The van der Waals surface area contributed by atoms with Gasteiger partial charge in [-0.1, -0.05) is 0 Å². The average molecular weight is 280 g/mol. The van der Waals surface area contributed by atoms with Crippen molar-refractivity contribution in [3.8, 4) is 0 Å². The molecule has 1 fully saturated rings. The van der Waals surface area contributed by atoms with E-state index in [1.165, 1.54) is 0 Å². The minimum Gasteiger partial charge on any atom is -0.341 e. The molecule has 1 aliphatic heterocycles. The largest absolute Gasteiger partial charge is 0.391 e. The van der Waals surface area contributed by atoms with Crippen LogP contribution in [0.25, 0.3) is 0 Å². The highest BCUT2D eigenvalue weighted by Gasteiger charge is 2.41. The van der Waals surface area contributed by atoms with E-state index in [0.29, 0.717) is 24.9 Å². The summed E-state index contributed by atoms with van der Waals surface area (Å²) in [5.41, 5.74) is 0.797. The van der Waals surface area contributed by atoms with Gasteiger partial charge in [0.15, 0.2) is 0 Å². The summed E-state index contributed by atoms with van der Waals surface area (Å²) >= 11 is 5.62. The van der Waals surface area contributed by atoms with E-state index in [9.17, 15) is 13.2 Å². The third kappa shape index (κ3) is 3.04. The summed E-state index contributed by atoms with van der Waals surface area (Å²) in [6, 6.07) is 0. The van der Waals surface area contributed by atoms with Gasteiger partial charge in [-0.2, -0.15) is 13.2 Å². The molecule has 0 amide bonds. The molecule has 0 aliphatic carbocycles. The fraction of sp³-hybridized carbons (Fsp3) is 0.636. The third-order valence-electron chi connectivity index (χ3n) is 3.09. The Balaban J connectivity index is 1.96. The lowest BCUT2D eigenvalue weighted by Gasteiger charge is -2.32. The number of alkyl halides is 4.